The van der Waals surface area contributed by atoms with E-state index in [-0.39, 0.29) is 12.6 Å². The van der Waals surface area contributed by atoms with Gasteiger partial charge in [-0.25, -0.2) is 9.97 Å². The highest BCUT2D eigenvalue weighted by Crippen LogP contribution is 2.29. The Morgan fingerprint density at radius 1 is 1.16 bits per heavy atom. The van der Waals surface area contributed by atoms with Crippen molar-refractivity contribution in [1.82, 2.24) is 9.97 Å². The number of hydrogen-bond acceptors (Lipinski definition) is 6. The summed E-state index contributed by atoms with van der Waals surface area (Å²) in [5.41, 5.74) is 2.67. The first-order valence-electron chi connectivity index (χ1n) is 8.89. The summed E-state index contributed by atoms with van der Waals surface area (Å²) in [6.07, 6.45) is 4.76. The molecule has 6 heteroatoms. The maximum Gasteiger partial charge on any atom is 0.134 e. The van der Waals surface area contributed by atoms with Gasteiger partial charge in [-0.2, -0.15) is 0 Å². The number of aliphatic hydroxyl groups excluding tert-OH is 1. The highest BCUT2D eigenvalue weighted by Gasteiger charge is 2.26. The molecule has 0 bridgehead atoms. The Balaban J connectivity index is 1.57. The quantitative estimate of drug-likeness (QED) is 0.919. The molecule has 1 unspecified atom stereocenters. The van der Waals surface area contributed by atoms with Crippen LogP contribution in [0.25, 0.3) is 0 Å². The molecule has 2 aliphatic rings. The van der Waals surface area contributed by atoms with Crippen molar-refractivity contribution in [3.63, 3.8) is 0 Å². The molecule has 0 saturated carbocycles. The maximum atomic E-state index is 9.57. The molecule has 1 fully saturated rings. The third kappa shape index (κ3) is 3.14. The van der Waals surface area contributed by atoms with E-state index in [4.69, 9.17) is 4.74 Å². The molecule has 1 aromatic carbocycles. The number of aromatic nitrogens is 2. The zero-order valence-electron chi connectivity index (χ0n) is 14.6. The molecule has 0 aliphatic carbocycles. The van der Waals surface area contributed by atoms with Crippen LogP contribution in [0.2, 0.25) is 0 Å². The average molecular weight is 340 g/mol. The zero-order chi connectivity index (χ0) is 17.2. The fourth-order valence-corrected chi connectivity index (χ4v) is 3.85. The van der Waals surface area contributed by atoms with Crippen molar-refractivity contribution >= 4 is 11.6 Å². The Labute approximate surface area is 148 Å². The zero-order valence-corrected chi connectivity index (χ0v) is 14.6. The van der Waals surface area contributed by atoms with E-state index in [0.29, 0.717) is 0 Å². The van der Waals surface area contributed by atoms with Gasteiger partial charge in [-0.3, -0.25) is 0 Å². The van der Waals surface area contributed by atoms with Crippen LogP contribution in [0.1, 0.15) is 24.0 Å². The summed E-state index contributed by atoms with van der Waals surface area (Å²) >= 11 is 0. The first kappa shape index (κ1) is 16.1. The topological polar surface area (TPSA) is 61.7 Å². The van der Waals surface area contributed by atoms with Crippen LogP contribution < -0.4 is 14.5 Å². The van der Waals surface area contributed by atoms with E-state index in [0.717, 1.165) is 56.3 Å². The molecule has 0 amide bonds. The second kappa shape index (κ2) is 6.88. The highest BCUT2D eigenvalue weighted by molar-refractivity contribution is 5.53. The van der Waals surface area contributed by atoms with Gasteiger partial charge in [0.05, 0.1) is 19.8 Å². The Morgan fingerprint density at radius 3 is 2.88 bits per heavy atom. The van der Waals surface area contributed by atoms with Crippen LogP contribution in [0.4, 0.5) is 11.6 Å². The first-order valence-corrected chi connectivity index (χ1v) is 8.89. The number of hydrogen-bond donors (Lipinski definition) is 1. The van der Waals surface area contributed by atoms with Gasteiger partial charge in [0.25, 0.3) is 0 Å². The van der Waals surface area contributed by atoms with Gasteiger partial charge in [0.1, 0.15) is 23.7 Å². The summed E-state index contributed by atoms with van der Waals surface area (Å²) in [4.78, 5) is 13.4. The lowest BCUT2D eigenvalue weighted by Crippen LogP contribution is -2.34. The van der Waals surface area contributed by atoms with Crippen LogP contribution in [-0.2, 0) is 13.0 Å². The van der Waals surface area contributed by atoms with Gasteiger partial charge in [-0.15, -0.1) is 0 Å². The smallest absolute Gasteiger partial charge is 0.134 e. The number of fused-ring (bicyclic) bond motifs is 1. The average Bonchev–Trinajstić information content (AvgIpc) is 3.16. The number of methoxy groups -OCH3 is 1. The summed E-state index contributed by atoms with van der Waals surface area (Å²) in [6, 6.07) is 8.53. The van der Waals surface area contributed by atoms with Gasteiger partial charge < -0.3 is 19.6 Å². The molecule has 1 saturated heterocycles. The number of anilines is 2. The number of aliphatic hydroxyl groups is 1. The summed E-state index contributed by atoms with van der Waals surface area (Å²) in [6.45, 7) is 2.89. The Hall–Kier alpha value is -2.34. The maximum absolute atomic E-state index is 9.57. The van der Waals surface area contributed by atoms with Gasteiger partial charge >= 0.3 is 0 Å². The minimum atomic E-state index is 0.175. The lowest BCUT2D eigenvalue weighted by molar-refractivity contribution is 0.266. The molecule has 2 aromatic rings. The molecule has 0 radical (unpaired) electrons. The predicted octanol–water partition coefficient (Wildman–Crippen LogP) is 2.01. The molecule has 3 heterocycles. The predicted molar refractivity (Wildman–Crippen MR) is 97.2 cm³/mol. The summed E-state index contributed by atoms with van der Waals surface area (Å²) in [5.74, 6) is 2.76. The number of nitrogens with zero attached hydrogens (tertiary/aromatic N) is 4. The largest absolute Gasteiger partial charge is 0.497 e. The second-order valence-corrected chi connectivity index (χ2v) is 6.71. The summed E-state index contributed by atoms with van der Waals surface area (Å²) < 4.78 is 5.36. The summed E-state index contributed by atoms with van der Waals surface area (Å²) in [5, 5.41) is 9.57. The fourth-order valence-electron chi connectivity index (χ4n) is 3.85. The first-order chi connectivity index (χ1) is 12.3. The van der Waals surface area contributed by atoms with E-state index < -0.39 is 0 Å². The van der Waals surface area contributed by atoms with E-state index in [1.54, 1.807) is 13.4 Å². The molecular weight excluding hydrogens is 316 g/mol. The van der Waals surface area contributed by atoms with Crippen LogP contribution in [0.15, 0.2) is 30.6 Å². The normalized spacial score (nSPS) is 19.8. The second-order valence-electron chi connectivity index (χ2n) is 6.71. The van der Waals surface area contributed by atoms with Crippen molar-refractivity contribution in [2.45, 2.75) is 31.8 Å². The molecular formula is C19H24N4O2. The van der Waals surface area contributed by atoms with Gasteiger partial charge in [0.2, 0.25) is 0 Å². The molecule has 1 N–H and O–H groups in total. The molecule has 1 atom stereocenters. The van der Waals surface area contributed by atoms with Gasteiger partial charge in [0, 0.05) is 25.7 Å². The Kier molecular flexibility index (Phi) is 4.44. The third-order valence-corrected chi connectivity index (χ3v) is 5.27. The van der Waals surface area contributed by atoms with Gasteiger partial charge in [-0.1, -0.05) is 6.07 Å². The summed E-state index contributed by atoms with van der Waals surface area (Å²) in [7, 11) is 1.70. The Bertz CT molecular complexity index is 752. The van der Waals surface area contributed by atoms with Crippen LogP contribution in [0.5, 0.6) is 5.75 Å². The van der Waals surface area contributed by atoms with Crippen molar-refractivity contribution in [3.8, 4) is 5.75 Å². The fraction of sp³-hybridized carbons (Fsp3) is 0.474. The molecule has 4 rings (SSSR count). The minimum Gasteiger partial charge on any atom is -0.497 e. The van der Waals surface area contributed by atoms with E-state index in [2.05, 4.69) is 38.0 Å². The van der Waals surface area contributed by atoms with E-state index in [1.807, 2.05) is 6.07 Å². The highest BCUT2D eigenvalue weighted by atomic mass is 16.5. The minimum absolute atomic E-state index is 0.175. The molecule has 2 aliphatic heterocycles. The third-order valence-electron chi connectivity index (χ3n) is 5.27. The number of ether oxygens (including phenoxy) is 1. The standard InChI is InChI=1S/C19H24N4O2/c1-25-17-5-4-14-6-8-22(11-15(14)9-17)18-10-19(21-13-20-18)23-7-2-3-16(23)12-24/h4-5,9-10,13,16,24H,2-3,6-8,11-12H2,1H3. The van der Waals surface area contributed by atoms with Gasteiger partial charge in [-0.05, 0) is 42.5 Å². The number of rotatable bonds is 4. The molecule has 6 nitrogen and oxygen atoms in total. The van der Waals surface area contributed by atoms with Crippen LogP contribution in [-0.4, -0.2) is 47.9 Å². The SMILES string of the molecule is COc1ccc2c(c1)CN(c1cc(N3CCCC3CO)ncn1)CC2. The van der Waals surface area contributed by atoms with Crippen molar-refractivity contribution in [2.24, 2.45) is 0 Å². The number of benzene rings is 1. The van der Waals surface area contributed by atoms with Crippen molar-refractivity contribution < 1.29 is 9.84 Å². The lowest BCUT2D eigenvalue weighted by atomic mass is 9.99. The van der Waals surface area contributed by atoms with Crippen molar-refractivity contribution in [2.75, 3.05) is 36.6 Å². The van der Waals surface area contributed by atoms with Crippen molar-refractivity contribution in [3.05, 3.63) is 41.7 Å². The van der Waals surface area contributed by atoms with E-state index in [9.17, 15) is 5.11 Å². The van der Waals surface area contributed by atoms with E-state index >= 15 is 0 Å². The van der Waals surface area contributed by atoms with Gasteiger partial charge in [0.15, 0.2) is 0 Å². The molecule has 132 valence electrons. The molecule has 1 aromatic heterocycles. The monoisotopic (exact) mass is 340 g/mol. The van der Waals surface area contributed by atoms with Crippen LogP contribution in [0.3, 0.4) is 0 Å². The Morgan fingerprint density at radius 2 is 2.04 bits per heavy atom. The van der Waals surface area contributed by atoms with Crippen molar-refractivity contribution in [1.29, 1.82) is 0 Å². The lowest BCUT2D eigenvalue weighted by Gasteiger charge is -2.31. The molecule has 25 heavy (non-hydrogen) atoms. The van der Waals surface area contributed by atoms with Crippen LogP contribution in [0, 0.1) is 0 Å². The van der Waals surface area contributed by atoms with E-state index in [1.165, 1.54) is 11.1 Å². The van der Waals surface area contributed by atoms with Crippen LogP contribution >= 0.6 is 0 Å². The molecule has 0 spiro atoms.